The van der Waals surface area contributed by atoms with Crippen LogP contribution in [0.5, 0.6) is 0 Å². The Morgan fingerprint density at radius 2 is 2.17 bits per heavy atom. The first kappa shape index (κ1) is 15.1. The molecule has 7 nitrogen and oxygen atoms in total. The summed E-state index contributed by atoms with van der Waals surface area (Å²) in [4.78, 5) is 6.52. The van der Waals surface area contributed by atoms with Crippen molar-refractivity contribution in [3.63, 3.8) is 0 Å². The minimum absolute atomic E-state index is 0.0836. The molecule has 0 aliphatic rings. The van der Waals surface area contributed by atoms with E-state index in [0.29, 0.717) is 38.6 Å². The average Bonchev–Trinajstić information content (AvgIpc) is 2.75. The fourth-order valence-corrected chi connectivity index (χ4v) is 2.28. The molecule has 1 heterocycles. The van der Waals surface area contributed by atoms with Crippen molar-refractivity contribution in [1.82, 2.24) is 14.7 Å². The third-order valence-corrected chi connectivity index (χ3v) is 3.53. The Balaban J connectivity index is 2.22. The summed E-state index contributed by atoms with van der Waals surface area (Å²) < 4.78 is 36.0. The van der Waals surface area contributed by atoms with Crippen molar-refractivity contribution in [2.24, 2.45) is 0 Å². The molecule has 1 rings (SSSR count). The fourth-order valence-electron chi connectivity index (χ4n) is 1.24. The number of ether oxygens (including phenoxy) is 2. The van der Waals surface area contributed by atoms with Crippen LogP contribution in [0.2, 0.25) is 0 Å². The van der Waals surface area contributed by atoms with E-state index in [9.17, 15) is 8.42 Å². The molecule has 0 aromatic carbocycles. The topological polar surface area (TPSA) is 93.3 Å². The molecule has 0 spiro atoms. The van der Waals surface area contributed by atoms with Crippen LogP contribution in [-0.4, -0.2) is 51.9 Å². The summed E-state index contributed by atoms with van der Waals surface area (Å²) in [6.45, 7) is 3.58. The number of H-pyrrole nitrogens is 1. The largest absolute Gasteiger partial charge is 0.382 e. The smallest absolute Gasteiger partial charge is 0.257 e. The SMILES string of the molecule is COCCOCCCNS(=O)(=O)c1cnc(C)[nH]1. The summed E-state index contributed by atoms with van der Waals surface area (Å²) in [6.07, 6.45) is 1.91. The Labute approximate surface area is 107 Å². The van der Waals surface area contributed by atoms with Crippen LogP contribution in [0.4, 0.5) is 0 Å². The second kappa shape index (κ2) is 7.47. The molecule has 0 saturated carbocycles. The van der Waals surface area contributed by atoms with Gasteiger partial charge in [0.15, 0.2) is 5.03 Å². The van der Waals surface area contributed by atoms with Gasteiger partial charge < -0.3 is 14.5 Å². The van der Waals surface area contributed by atoms with Gasteiger partial charge in [-0.1, -0.05) is 0 Å². The van der Waals surface area contributed by atoms with Crippen molar-refractivity contribution >= 4 is 10.0 Å². The van der Waals surface area contributed by atoms with Crippen molar-refractivity contribution in [2.45, 2.75) is 18.4 Å². The zero-order chi connectivity index (χ0) is 13.4. The van der Waals surface area contributed by atoms with Gasteiger partial charge in [-0.05, 0) is 13.3 Å². The number of methoxy groups -OCH3 is 1. The molecular formula is C10H19N3O4S. The number of aromatic amines is 1. The molecule has 104 valence electrons. The van der Waals surface area contributed by atoms with Gasteiger partial charge in [-0.15, -0.1) is 0 Å². The number of hydrogen-bond donors (Lipinski definition) is 2. The third-order valence-electron chi connectivity index (χ3n) is 2.16. The first-order chi connectivity index (χ1) is 8.56. The highest BCUT2D eigenvalue weighted by atomic mass is 32.2. The standard InChI is InChI=1S/C10H19N3O4S/c1-9-11-8-10(13-9)18(14,15)12-4-3-5-17-7-6-16-2/h8,12H,3-7H2,1-2H3,(H,11,13). The van der Waals surface area contributed by atoms with Crippen molar-refractivity contribution < 1.29 is 17.9 Å². The molecule has 0 fully saturated rings. The van der Waals surface area contributed by atoms with Gasteiger partial charge in [0.2, 0.25) is 0 Å². The molecule has 0 radical (unpaired) electrons. The maximum Gasteiger partial charge on any atom is 0.257 e. The Bertz CT molecular complexity index is 444. The number of nitrogens with one attached hydrogen (secondary N) is 2. The van der Waals surface area contributed by atoms with Gasteiger partial charge >= 0.3 is 0 Å². The number of nitrogens with zero attached hydrogens (tertiary/aromatic N) is 1. The quantitative estimate of drug-likeness (QED) is 0.622. The maximum absolute atomic E-state index is 11.7. The number of aromatic nitrogens is 2. The molecule has 2 N–H and O–H groups in total. The molecule has 0 unspecified atom stereocenters. The minimum atomic E-state index is -3.49. The molecular weight excluding hydrogens is 258 g/mol. The molecule has 18 heavy (non-hydrogen) atoms. The van der Waals surface area contributed by atoms with E-state index < -0.39 is 10.0 Å². The van der Waals surface area contributed by atoms with Gasteiger partial charge in [-0.25, -0.2) is 18.1 Å². The monoisotopic (exact) mass is 277 g/mol. The summed E-state index contributed by atoms with van der Waals surface area (Å²) in [5.41, 5.74) is 0. The second-order valence-corrected chi connectivity index (χ2v) is 5.42. The second-order valence-electron chi connectivity index (χ2n) is 3.69. The predicted octanol–water partition coefficient (Wildman–Crippen LogP) is 0.0495. The van der Waals surface area contributed by atoms with Gasteiger partial charge in [0.25, 0.3) is 10.0 Å². The number of hydrogen-bond acceptors (Lipinski definition) is 5. The van der Waals surface area contributed by atoms with Crippen LogP contribution in [-0.2, 0) is 19.5 Å². The Hall–Kier alpha value is -0.960. The van der Waals surface area contributed by atoms with Crippen LogP contribution in [0.1, 0.15) is 12.2 Å². The van der Waals surface area contributed by atoms with E-state index in [1.807, 2.05) is 0 Å². The average molecular weight is 277 g/mol. The van der Waals surface area contributed by atoms with E-state index in [1.165, 1.54) is 6.20 Å². The Morgan fingerprint density at radius 3 is 2.78 bits per heavy atom. The zero-order valence-electron chi connectivity index (χ0n) is 10.6. The molecule has 0 aliphatic carbocycles. The van der Waals surface area contributed by atoms with E-state index in [4.69, 9.17) is 9.47 Å². The molecule has 0 bridgehead atoms. The lowest BCUT2D eigenvalue weighted by Crippen LogP contribution is -2.26. The lowest BCUT2D eigenvalue weighted by atomic mass is 10.5. The third kappa shape index (κ3) is 5.13. The lowest BCUT2D eigenvalue weighted by molar-refractivity contribution is 0.0699. The van der Waals surface area contributed by atoms with Crippen molar-refractivity contribution in [3.8, 4) is 0 Å². The first-order valence-corrected chi connectivity index (χ1v) is 7.12. The zero-order valence-corrected chi connectivity index (χ0v) is 11.4. The highest BCUT2D eigenvalue weighted by molar-refractivity contribution is 7.89. The van der Waals surface area contributed by atoms with Gasteiger partial charge in [0.05, 0.1) is 19.4 Å². The van der Waals surface area contributed by atoms with E-state index in [0.717, 1.165) is 0 Å². The highest BCUT2D eigenvalue weighted by Crippen LogP contribution is 2.04. The van der Waals surface area contributed by atoms with Crippen molar-refractivity contribution in [3.05, 3.63) is 12.0 Å². The van der Waals surface area contributed by atoms with E-state index >= 15 is 0 Å². The number of sulfonamides is 1. The lowest BCUT2D eigenvalue weighted by Gasteiger charge is -2.05. The highest BCUT2D eigenvalue weighted by Gasteiger charge is 2.15. The predicted molar refractivity (Wildman–Crippen MR) is 65.8 cm³/mol. The molecule has 0 amide bonds. The van der Waals surface area contributed by atoms with Crippen LogP contribution >= 0.6 is 0 Å². The molecule has 0 saturated heterocycles. The summed E-state index contributed by atoms with van der Waals surface area (Å²) in [7, 11) is -1.88. The van der Waals surface area contributed by atoms with E-state index in [2.05, 4.69) is 14.7 Å². The fraction of sp³-hybridized carbons (Fsp3) is 0.700. The van der Waals surface area contributed by atoms with Crippen LogP contribution < -0.4 is 4.72 Å². The van der Waals surface area contributed by atoms with Gasteiger partial charge in [-0.2, -0.15) is 0 Å². The molecule has 8 heteroatoms. The van der Waals surface area contributed by atoms with Crippen molar-refractivity contribution in [1.29, 1.82) is 0 Å². The normalized spacial score (nSPS) is 11.9. The molecule has 0 aliphatic heterocycles. The summed E-state index contributed by atoms with van der Waals surface area (Å²) >= 11 is 0. The van der Waals surface area contributed by atoms with Crippen LogP contribution in [0.25, 0.3) is 0 Å². The number of imidazole rings is 1. The van der Waals surface area contributed by atoms with Crippen molar-refractivity contribution in [2.75, 3.05) is 33.5 Å². The van der Waals surface area contributed by atoms with Gasteiger partial charge in [0, 0.05) is 20.3 Å². The number of rotatable bonds is 9. The van der Waals surface area contributed by atoms with Crippen LogP contribution in [0, 0.1) is 6.92 Å². The van der Waals surface area contributed by atoms with E-state index in [-0.39, 0.29) is 5.03 Å². The van der Waals surface area contributed by atoms with Gasteiger partial charge in [0.1, 0.15) is 5.82 Å². The maximum atomic E-state index is 11.7. The van der Waals surface area contributed by atoms with Crippen LogP contribution in [0.3, 0.4) is 0 Å². The minimum Gasteiger partial charge on any atom is -0.382 e. The summed E-state index contributed by atoms with van der Waals surface area (Å²) in [5.74, 6) is 0.568. The van der Waals surface area contributed by atoms with Crippen LogP contribution in [0.15, 0.2) is 11.2 Å². The van der Waals surface area contributed by atoms with Gasteiger partial charge in [-0.3, -0.25) is 0 Å². The van der Waals surface area contributed by atoms with E-state index in [1.54, 1.807) is 14.0 Å². The molecule has 1 aromatic heterocycles. The molecule has 1 aromatic rings. The molecule has 0 atom stereocenters. The number of aryl methyl sites for hydroxylation is 1. The Kier molecular flexibility index (Phi) is 6.27. The Morgan fingerprint density at radius 1 is 1.39 bits per heavy atom. The summed E-state index contributed by atoms with van der Waals surface area (Å²) in [5, 5.41) is 0.0836. The summed E-state index contributed by atoms with van der Waals surface area (Å²) in [6, 6.07) is 0. The first-order valence-electron chi connectivity index (χ1n) is 5.64.